The molecule has 1 aromatic carbocycles. The topological polar surface area (TPSA) is 220 Å². The van der Waals surface area contributed by atoms with E-state index in [-0.39, 0.29) is 55.5 Å². The van der Waals surface area contributed by atoms with E-state index in [2.05, 4.69) is 31.9 Å². The second-order valence-electron chi connectivity index (χ2n) is 12.2. The number of primary amides is 1. The lowest BCUT2D eigenvalue weighted by Crippen LogP contribution is -2.54. The van der Waals surface area contributed by atoms with E-state index in [1.807, 2.05) is 39.8 Å². The summed E-state index contributed by atoms with van der Waals surface area (Å²) in [5.41, 5.74) is 6.80. The predicted molar refractivity (Wildman–Crippen MR) is 194 cm³/mol. The quantitative estimate of drug-likeness (QED) is 0.0558. The number of nitrogens with one attached hydrogen (secondary N) is 6. The Kier molecular flexibility index (Phi) is 25.5. The van der Waals surface area contributed by atoms with Gasteiger partial charge in [0.2, 0.25) is 23.6 Å². The summed E-state index contributed by atoms with van der Waals surface area (Å²) in [6, 6.07) is 5.21. The summed E-state index contributed by atoms with van der Waals surface area (Å²) >= 11 is 0. The van der Waals surface area contributed by atoms with Gasteiger partial charge in [0.1, 0.15) is 6.04 Å². The van der Waals surface area contributed by atoms with Crippen LogP contribution < -0.4 is 37.6 Å². The largest absolute Gasteiger partial charge is 0.379 e. The number of ether oxygens (including phenoxy) is 4. The molecule has 0 heterocycles. The van der Waals surface area contributed by atoms with E-state index >= 15 is 0 Å². The SMILES string of the molecule is CCCC(=O)NCCOCCOCCOCCOCCC(=O)NCCN[C@H](C(=O)NC(CCCNC(N)=O)C(=O)Nc1ccc(C)cc1)C(C)C. The minimum absolute atomic E-state index is 0.0334. The van der Waals surface area contributed by atoms with Gasteiger partial charge >= 0.3 is 6.03 Å². The maximum Gasteiger partial charge on any atom is 0.312 e. The number of carbonyl (C=O) groups is 5. The first-order chi connectivity index (χ1) is 24.5. The van der Waals surface area contributed by atoms with Crippen molar-refractivity contribution in [2.75, 3.05) is 84.4 Å². The number of urea groups is 1. The van der Waals surface area contributed by atoms with Crippen molar-refractivity contribution in [3.63, 3.8) is 0 Å². The number of hydrogen-bond acceptors (Lipinski definition) is 10. The van der Waals surface area contributed by atoms with Crippen molar-refractivity contribution in [2.24, 2.45) is 11.7 Å². The normalized spacial score (nSPS) is 12.2. The smallest absolute Gasteiger partial charge is 0.312 e. The molecule has 51 heavy (non-hydrogen) atoms. The Labute approximate surface area is 302 Å². The van der Waals surface area contributed by atoms with Crippen LogP contribution in [-0.4, -0.2) is 121 Å². The van der Waals surface area contributed by atoms with E-state index in [1.165, 1.54) is 0 Å². The van der Waals surface area contributed by atoms with Crippen LogP contribution in [0.3, 0.4) is 0 Å². The summed E-state index contributed by atoms with van der Waals surface area (Å²) in [4.78, 5) is 61.0. The van der Waals surface area contributed by atoms with Crippen molar-refractivity contribution in [1.82, 2.24) is 26.6 Å². The molecule has 0 spiro atoms. The van der Waals surface area contributed by atoms with Crippen molar-refractivity contribution in [3.8, 4) is 0 Å². The molecule has 0 radical (unpaired) electrons. The molecule has 1 aromatic rings. The van der Waals surface area contributed by atoms with E-state index < -0.39 is 18.1 Å². The summed E-state index contributed by atoms with van der Waals surface area (Å²) in [5.74, 6) is -0.967. The van der Waals surface area contributed by atoms with Gasteiger partial charge in [-0.1, -0.05) is 38.5 Å². The van der Waals surface area contributed by atoms with Gasteiger partial charge < -0.3 is 56.6 Å². The van der Waals surface area contributed by atoms with Crippen LogP contribution in [0.4, 0.5) is 10.5 Å². The Balaban J connectivity index is 2.24. The standard InChI is InChI=1S/C35H61N7O9/c1-5-7-30(43)38-17-19-49-21-23-51-25-24-50-22-20-48-18-13-31(44)37-15-16-39-32(26(2)3)34(46)42-29(8-6-14-40-35(36)47)33(45)41-28-11-9-27(4)10-12-28/h9-12,26,29,32,39H,5-8,13-25H2,1-4H3,(H,37,44)(H,38,43)(H,41,45)(H,42,46)(H3,36,40,47)/t29?,32-/m0/s1. The van der Waals surface area contributed by atoms with Crippen LogP contribution in [0.2, 0.25) is 0 Å². The molecule has 0 fully saturated rings. The number of anilines is 1. The van der Waals surface area contributed by atoms with Gasteiger partial charge in [0, 0.05) is 44.7 Å². The second-order valence-corrected chi connectivity index (χ2v) is 12.2. The van der Waals surface area contributed by atoms with E-state index in [0.29, 0.717) is 84.4 Å². The number of carbonyl (C=O) groups excluding carboxylic acids is 5. The second kappa shape index (κ2) is 28.8. The van der Waals surface area contributed by atoms with Gasteiger partial charge in [0.15, 0.2) is 0 Å². The van der Waals surface area contributed by atoms with Crippen LogP contribution in [0.1, 0.15) is 58.4 Å². The predicted octanol–water partition coefficient (Wildman–Crippen LogP) is 0.970. The van der Waals surface area contributed by atoms with Gasteiger partial charge in [-0.25, -0.2) is 4.79 Å². The molecule has 2 atom stereocenters. The molecule has 0 aliphatic carbocycles. The van der Waals surface area contributed by atoms with Crippen LogP contribution in [0, 0.1) is 12.8 Å². The van der Waals surface area contributed by atoms with Gasteiger partial charge in [-0.05, 0) is 44.2 Å². The van der Waals surface area contributed by atoms with Gasteiger partial charge in [-0.2, -0.15) is 0 Å². The summed E-state index contributed by atoms with van der Waals surface area (Å²) in [6.07, 6.45) is 2.24. The van der Waals surface area contributed by atoms with Crippen molar-refractivity contribution in [2.45, 2.75) is 71.9 Å². The Morgan fingerprint density at radius 3 is 1.84 bits per heavy atom. The van der Waals surface area contributed by atoms with E-state index in [4.69, 9.17) is 24.7 Å². The van der Waals surface area contributed by atoms with Crippen LogP contribution in [0.15, 0.2) is 24.3 Å². The summed E-state index contributed by atoms with van der Waals surface area (Å²) in [6.45, 7) is 12.2. The van der Waals surface area contributed by atoms with Crippen molar-refractivity contribution in [1.29, 1.82) is 0 Å². The Morgan fingerprint density at radius 2 is 1.25 bits per heavy atom. The maximum absolute atomic E-state index is 13.3. The summed E-state index contributed by atoms with van der Waals surface area (Å²) in [5, 5.41) is 16.9. The zero-order valence-electron chi connectivity index (χ0n) is 30.8. The van der Waals surface area contributed by atoms with E-state index in [1.54, 1.807) is 12.1 Å². The highest BCUT2D eigenvalue weighted by Gasteiger charge is 2.27. The Morgan fingerprint density at radius 1 is 0.686 bits per heavy atom. The molecule has 6 amide bonds. The number of rotatable bonds is 30. The summed E-state index contributed by atoms with van der Waals surface area (Å²) < 4.78 is 21.7. The average molecular weight is 724 g/mol. The first-order valence-electron chi connectivity index (χ1n) is 17.8. The van der Waals surface area contributed by atoms with E-state index in [0.717, 1.165) is 12.0 Å². The van der Waals surface area contributed by atoms with Crippen molar-refractivity contribution < 1.29 is 42.9 Å². The number of hydrogen-bond donors (Lipinski definition) is 7. The molecule has 8 N–H and O–H groups in total. The van der Waals surface area contributed by atoms with Crippen LogP contribution in [0.25, 0.3) is 0 Å². The highest BCUT2D eigenvalue weighted by atomic mass is 16.6. The molecule has 16 nitrogen and oxygen atoms in total. The molecule has 0 aromatic heterocycles. The lowest BCUT2D eigenvalue weighted by Gasteiger charge is -2.25. The average Bonchev–Trinajstić information content (AvgIpc) is 3.08. The highest BCUT2D eigenvalue weighted by molar-refractivity contribution is 5.97. The zero-order valence-corrected chi connectivity index (χ0v) is 30.8. The van der Waals surface area contributed by atoms with Gasteiger partial charge in [-0.3, -0.25) is 19.2 Å². The monoisotopic (exact) mass is 723 g/mol. The molecule has 16 heteroatoms. The Hall–Kier alpha value is -3.83. The molecule has 1 unspecified atom stereocenters. The van der Waals surface area contributed by atoms with E-state index in [9.17, 15) is 24.0 Å². The molecule has 1 rings (SSSR count). The van der Waals surface area contributed by atoms with Crippen LogP contribution >= 0.6 is 0 Å². The van der Waals surface area contributed by atoms with Crippen LogP contribution in [-0.2, 0) is 38.1 Å². The number of benzene rings is 1. The van der Waals surface area contributed by atoms with Crippen molar-refractivity contribution in [3.05, 3.63) is 29.8 Å². The first kappa shape index (κ1) is 45.2. The molecule has 290 valence electrons. The fourth-order valence-electron chi connectivity index (χ4n) is 4.57. The lowest BCUT2D eigenvalue weighted by atomic mass is 10.0. The molecule has 0 saturated heterocycles. The van der Waals surface area contributed by atoms with Gasteiger partial charge in [-0.15, -0.1) is 0 Å². The van der Waals surface area contributed by atoms with Crippen LogP contribution in [0.5, 0.6) is 0 Å². The van der Waals surface area contributed by atoms with Gasteiger partial charge in [0.25, 0.3) is 0 Å². The lowest BCUT2D eigenvalue weighted by molar-refractivity contribution is -0.128. The number of nitrogens with two attached hydrogens (primary N) is 1. The van der Waals surface area contributed by atoms with Crippen molar-refractivity contribution >= 4 is 35.3 Å². The molecule has 0 bridgehead atoms. The number of aryl methyl sites for hydroxylation is 1. The molecule has 0 aliphatic heterocycles. The molecule has 0 aliphatic rings. The third-order valence-corrected chi connectivity index (χ3v) is 7.32. The number of amides is 6. The molecule has 0 saturated carbocycles. The first-order valence-corrected chi connectivity index (χ1v) is 17.8. The fourth-order valence-corrected chi connectivity index (χ4v) is 4.57. The molecular weight excluding hydrogens is 662 g/mol. The minimum atomic E-state index is -0.844. The highest BCUT2D eigenvalue weighted by Crippen LogP contribution is 2.11. The minimum Gasteiger partial charge on any atom is -0.379 e. The maximum atomic E-state index is 13.3. The Bertz CT molecular complexity index is 1140. The third kappa shape index (κ3) is 24.1. The summed E-state index contributed by atoms with van der Waals surface area (Å²) in [7, 11) is 0. The zero-order chi connectivity index (χ0) is 37.7. The third-order valence-electron chi connectivity index (χ3n) is 7.32. The molecular formula is C35H61N7O9. The van der Waals surface area contributed by atoms with Gasteiger partial charge in [0.05, 0.1) is 58.9 Å². The fraction of sp³-hybridized carbons (Fsp3) is 0.686.